The first-order valence-corrected chi connectivity index (χ1v) is 8.71. The summed E-state index contributed by atoms with van der Waals surface area (Å²) in [7, 11) is 4.06. The molecule has 1 saturated heterocycles. The monoisotopic (exact) mass is 339 g/mol. The standard InChI is InChI=1S/C20H25N3O2/c1-22(2)14-16-8-6-11-18(21-16)19-12-7-13-23(19)20(24)15-25-17-9-4-3-5-10-17/h3-6,8-11,19H,7,12-15H2,1-2H3/t19-/m0/s1. The third kappa shape index (κ3) is 4.57. The smallest absolute Gasteiger partial charge is 0.261 e. The highest BCUT2D eigenvalue weighted by Crippen LogP contribution is 2.31. The summed E-state index contributed by atoms with van der Waals surface area (Å²) in [5, 5.41) is 0. The molecule has 0 unspecified atom stereocenters. The van der Waals surface area contributed by atoms with E-state index in [0.29, 0.717) is 0 Å². The summed E-state index contributed by atoms with van der Waals surface area (Å²) in [6, 6.07) is 15.6. The van der Waals surface area contributed by atoms with E-state index < -0.39 is 0 Å². The average Bonchev–Trinajstić information content (AvgIpc) is 3.10. The lowest BCUT2D eigenvalue weighted by Gasteiger charge is -2.25. The van der Waals surface area contributed by atoms with Crippen molar-refractivity contribution in [3.8, 4) is 5.75 Å². The molecule has 1 amide bonds. The number of pyridine rings is 1. The SMILES string of the molecule is CN(C)Cc1cccc([C@@H]2CCCN2C(=O)COc2ccccc2)n1. The lowest BCUT2D eigenvalue weighted by atomic mass is 10.1. The van der Waals surface area contributed by atoms with Gasteiger partial charge in [0.05, 0.1) is 17.4 Å². The second-order valence-corrected chi connectivity index (χ2v) is 6.64. The molecular weight excluding hydrogens is 314 g/mol. The van der Waals surface area contributed by atoms with Crippen molar-refractivity contribution in [2.45, 2.75) is 25.4 Å². The number of carbonyl (C=O) groups excluding carboxylic acids is 1. The van der Waals surface area contributed by atoms with Crippen LogP contribution in [0.5, 0.6) is 5.75 Å². The van der Waals surface area contributed by atoms with E-state index in [4.69, 9.17) is 9.72 Å². The quantitative estimate of drug-likeness (QED) is 0.812. The van der Waals surface area contributed by atoms with Crippen LogP contribution in [-0.2, 0) is 11.3 Å². The van der Waals surface area contributed by atoms with Gasteiger partial charge < -0.3 is 14.5 Å². The van der Waals surface area contributed by atoms with E-state index in [1.54, 1.807) is 0 Å². The zero-order valence-corrected chi connectivity index (χ0v) is 14.9. The minimum Gasteiger partial charge on any atom is -0.484 e. The molecule has 1 atom stereocenters. The summed E-state index contributed by atoms with van der Waals surface area (Å²) in [6.07, 6.45) is 1.96. The Morgan fingerprint density at radius 3 is 2.76 bits per heavy atom. The molecule has 1 fully saturated rings. The molecule has 132 valence electrons. The molecule has 0 saturated carbocycles. The lowest BCUT2D eigenvalue weighted by Crippen LogP contribution is -2.34. The highest BCUT2D eigenvalue weighted by atomic mass is 16.5. The molecule has 1 aromatic carbocycles. The Labute approximate surface area is 149 Å². The number of rotatable bonds is 6. The molecule has 5 nitrogen and oxygen atoms in total. The Balaban J connectivity index is 1.66. The van der Waals surface area contributed by atoms with Crippen LogP contribution in [0, 0.1) is 0 Å². The largest absolute Gasteiger partial charge is 0.484 e. The van der Waals surface area contributed by atoms with Crippen LogP contribution >= 0.6 is 0 Å². The van der Waals surface area contributed by atoms with Crippen molar-refractivity contribution in [3.05, 3.63) is 59.9 Å². The third-order valence-corrected chi connectivity index (χ3v) is 4.33. The van der Waals surface area contributed by atoms with Crippen LogP contribution in [0.2, 0.25) is 0 Å². The van der Waals surface area contributed by atoms with Gasteiger partial charge in [0, 0.05) is 13.1 Å². The molecular formula is C20H25N3O2. The van der Waals surface area contributed by atoms with Crippen molar-refractivity contribution in [1.29, 1.82) is 0 Å². The van der Waals surface area contributed by atoms with Crippen LogP contribution in [0.3, 0.4) is 0 Å². The Bertz CT molecular complexity index is 703. The minimum absolute atomic E-state index is 0.0196. The van der Waals surface area contributed by atoms with E-state index >= 15 is 0 Å². The maximum atomic E-state index is 12.6. The van der Waals surface area contributed by atoms with Crippen molar-refractivity contribution in [2.75, 3.05) is 27.2 Å². The summed E-state index contributed by atoms with van der Waals surface area (Å²) in [5.74, 6) is 0.740. The molecule has 1 aromatic heterocycles. The molecule has 0 N–H and O–H groups in total. The third-order valence-electron chi connectivity index (χ3n) is 4.33. The minimum atomic E-state index is 0.0196. The van der Waals surface area contributed by atoms with Gasteiger partial charge in [0.25, 0.3) is 5.91 Å². The number of nitrogens with zero attached hydrogens (tertiary/aromatic N) is 3. The highest BCUT2D eigenvalue weighted by Gasteiger charge is 2.31. The average molecular weight is 339 g/mol. The second kappa shape index (κ2) is 8.12. The van der Waals surface area contributed by atoms with E-state index in [-0.39, 0.29) is 18.6 Å². The van der Waals surface area contributed by atoms with Gasteiger partial charge in [-0.1, -0.05) is 24.3 Å². The fourth-order valence-corrected chi connectivity index (χ4v) is 3.21. The Morgan fingerprint density at radius 2 is 2.00 bits per heavy atom. The first kappa shape index (κ1) is 17.4. The predicted molar refractivity (Wildman–Crippen MR) is 97.3 cm³/mol. The zero-order chi connectivity index (χ0) is 17.6. The summed E-state index contributed by atoms with van der Waals surface area (Å²) in [6.45, 7) is 1.63. The van der Waals surface area contributed by atoms with E-state index in [2.05, 4.69) is 4.90 Å². The van der Waals surface area contributed by atoms with Crippen molar-refractivity contribution < 1.29 is 9.53 Å². The van der Waals surface area contributed by atoms with Crippen molar-refractivity contribution in [1.82, 2.24) is 14.8 Å². The van der Waals surface area contributed by atoms with Crippen LogP contribution in [0.15, 0.2) is 48.5 Å². The molecule has 1 aliphatic heterocycles. The number of para-hydroxylation sites is 1. The molecule has 3 rings (SSSR count). The summed E-state index contributed by atoms with van der Waals surface area (Å²) >= 11 is 0. The normalized spacial score (nSPS) is 17.1. The van der Waals surface area contributed by atoms with E-state index in [0.717, 1.165) is 43.1 Å². The Hall–Kier alpha value is -2.40. The first-order chi connectivity index (χ1) is 12.1. The van der Waals surface area contributed by atoms with Crippen molar-refractivity contribution in [3.63, 3.8) is 0 Å². The van der Waals surface area contributed by atoms with E-state index in [9.17, 15) is 4.79 Å². The van der Waals surface area contributed by atoms with Gasteiger partial charge in [0.1, 0.15) is 5.75 Å². The summed E-state index contributed by atoms with van der Waals surface area (Å²) < 4.78 is 5.62. The van der Waals surface area contributed by atoms with Gasteiger partial charge in [-0.05, 0) is 51.2 Å². The van der Waals surface area contributed by atoms with Gasteiger partial charge in [0.15, 0.2) is 6.61 Å². The maximum absolute atomic E-state index is 12.6. The molecule has 2 aromatic rings. The van der Waals surface area contributed by atoms with Gasteiger partial charge >= 0.3 is 0 Å². The van der Waals surface area contributed by atoms with Crippen molar-refractivity contribution >= 4 is 5.91 Å². The number of carbonyl (C=O) groups is 1. The van der Waals surface area contributed by atoms with Crippen LogP contribution in [-0.4, -0.2) is 47.9 Å². The van der Waals surface area contributed by atoms with E-state index in [1.165, 1.54) is 0 Å². The number of amides is 1. The number of benzene rings is 1. The van der Waals surface area contributed by atoms with Crippen LogP contribution in [0.25, 0.3) is 0 Å². The molecule has 0 spiro atoms. The maximum Gasteiger partial charge on any atom is 0.261 e. The fraction of sp³-hybridized carbons (Fsp3) is 0.400. The summed E-state index contributed by atoms with van der Waals surface area (Å²) in [4.78, 5) is 21.4. The van der Waals surface area contributed by atoms with Gasteiger partial charge in [-0.3, -0.25) is 9.78 Å². The van der Waals surface area contributed by atoms with Gasteiger partial charge in [0.2, 0.25) is 0 Å². The second-order valence-electron chi connectivity index (χ2n) is 6.64. The van der Waals surface area contributed by atoms with Gasteiger partial charge in [-0.15, -0.1) is 0 Å². The molecule has 2 heterocycles. The lowest BCUT2D eigenvalue weighted by molar-refractivity contribution is -0.134. The Kier molecular flexibility index (Phi) is 5.66. The van der Waals surface area contributed by atoms with Crippen LogP contribution in [0.4, 0.5) is 0 Å². The predicted octanol–water partition coefficient (Wildman–Crippen LogP) is 2.89. The molecule has 0 radical (unpaired) electrons. The Morgan fingerprint density at radius 1 is 1.20 bits per heavy atom. The number of likely N-dealkylation sites (tertiary alicyclic amines) is 1. The number of aromatic nitrogens is 1. The zero-order valence-electron chi connectivity index (χ0n) is 14.9. The van der Waals surface area contributed by atoms with Crippen LogP contribution < -0.4 is 4.74 Å². The van der Waals surface area contributed by atoms with Crippen molar-refractivity contribution in [2.24, 2.45) is 0 Å². The van der Waals surface area contributed by atoms with Crippen LogP contribution in [0.1, 0.15) is 30.3 Å². The molecule has 0 bridgehead atoms. The van der Waals surface area contributed by atoms with Gasteiger partial charge in [-0.2, -0.15) is 0 Å². The number of ether oxygens (including phenoxy) is 1. The molecule has 0 aliphatic carbocycles. The molecule has 25 heavy (non-hydrogen) atoms. The summed E-state index contributed by atoms with van der Waals surface area (Å²) in [5.41, 5.74) is 2.01. The fourth-order valence-electron chi connectivity index (χ4n) is 3.21. The topological polar surface area (TPSA) is 45.7 Å². The molecule has 1 aliphatic rings. The first-order valence-electron chi connectivity index (χ1n) is 8.71. The number of hydrogen-bond donors (Lipinski definition) is 0. The van der Waals surface area contributed by atoms with E-state index in [1.807, 2.05) is 67.5 Å². The number of hydrogen-bond acceptors (Lipinski definition) is 4. The van der Waals surface area contributed by atoms with Gasteiger partial charge in [-0.25, -0.2) is 0 Å². The highest BCUT2D eigenvalue weighted by molar-refractivity contribution is 5.78. The molecule has 5 heteroatoms.